The van der Waals surface area contributed by atoms with Crippen molar-refractivity contribution in [2.45, 2.75) is 19.1 Å². The van der Waals surface area contributed by atoms with Gasteiger partial charge in [-0.3, -0.25) is 14.5 Å². The number of rotatable bonds is 6. The molecule has 2 aromatic rings. The van der Waals surface area contributed by atoms with Crippen molar-refractivity contribution < 1.29 is 19.1 Å². The first kappa shape index (κ1) is 20.2. The van der Waals surface area contributed by atoms with Gasteiger partial charge in [0.1, 0.15) is 6.61 Å². The normalized spacial score (nSPS) is 18.7. The van der Waals surface area contributed by atoms with Crippen LogP contribution >= 0.6 is 0 Å². The monoisotopic (exact) mass is 409 g/mol. The highest BCUT2D eigenvalue weighted by Crippen LogP contribution is 2.30. The van der Waals surface area contributed by atoms with Crippen LogP contribution < -0.4 is 14.8 Å². The fourth-order valence-corrected chi connectivity index (χ4v) is 3.71. The number of nitrogens with zero attached hydrogens (tertiary/aromatic N) is 2. The predicted molar refractivity (Wildman–Crippen MR) is 112 cm³/mol. The zero-order chi connectivity index (χ0) is 20.8. The van der Waals surface area contributed by atoms with Gasteiger partial charge >= 0.3 is 0 Å². The van der Waals surface area contributed by atoms with Crippen LogP contribution in [-0.2, 0) is 16.1 Å². The molecule has 0 spiro atoms. The Bertz CT molecular complexity index is 866. The number of para-hydroxylation sites is 2. The van der Waals surface area contributed by atoms with E-state index in [0.717, 1.165) is 32.7 Å². The lowest BCUT2D eigenvalue weighted by molar-refractivity contribution is -0.133. The Morgan fingerprint density at radius 3 is 2.40 bits per heavy atom. The Morgan fingerprint density at radius 2 is 1.63 bits per heavy atom. The van der Waals surface area contributed by atoms with Crippen LogP contribution in [0.2, 0.25) is 0 Å². The smallest absolute Gasteiger partial charge is 0.264 e. The van der Waals surface area contributed by atoms with Crippen molar-refractivity contribution in [1.82, 2.24) is 15.1 Å². The lowest BCUT2D eigenvalue weighted by atomic mass is 10.2. The Balaban J connectivity index is 1.15. The van der Waals surface area contributed by atoms with Gasteiger partial charge in [0.25, 0.3) is 5.91 Å². The molecule has 30 heavy (non-hydrogen) atoms. The van der Waals surface area contributed by atoms with Crippen LogP contribution in [0.3, 0.4) is 0 Å². The minimum atomic E-state index is -0.698. The Morgan fingerprint density at radius 1 is 0.933 bits per heavy atom. The highest BCUT2D eigenvalue weighted by molar-refractivity contribution is 5.83. The Labute approximate surface area is 176 Å². The molecule has 7 nitrogen and oxygen atoms in total. The average Bonchev–Trinajstić information content (AvgIpc) is 2.79. The summed E-state index contributed by atoms with van der Waals surface area (Å²) in [5, 5.41) is 2.79. The van der Waals surface area contributed by atoms with Gasteiger partial charge in [-0.05, 0) is 17.7 Å². The largest absolute Gasteiger partial charge is 0.485 e. The van der Waals surface area contributed by atoms with Crippen LogP contribution in [-0.4, -0.2) is 67.0 Å². The summed E-state index contributed by atoms with van der Waals surface area (Å²) in [5.74, 6) is 1.02. The molecule has 2 aliphatic rings. The van der Waals surface area contributed by atoms with Crippen molar-refractivity contribution in [1.29, 1.82) is 0 Å². The predicted octanol–water partition coefficient (Wildman–Crippen LogP) is 1.68. The maximum absolute atomic E-state index is 12.5. The summed E-state index contributed by atoms with van der Waals surface area (Å²) in [5.41, 5.74) is 1.29. The third-order valence-corrected chi connectivity index (χ3v) is 5.41. The molecule has 1 atom stereocenters. The number of fused-ring (bicyclic) bond motifs is 1. The molecule has 158 valence electrons. The molecular weight excluding hydrogens is 382 g/mol. The molecule has 4 rings (SSSR count). The number of amides is 2. The van der Waals surface area contributed by atoms with Gasteiger partial charge in [-0.25, -0.2) is 0 Å². The van der Waals surface area contributed by atoms with Crippen LogP contribution in [0.4, 0.5) is 0 Å². The second-order valence-corrected chi connectivity index (χ2v) is 7.55. The maximum Gasteiger partial charge on any atom is 0.264 e. The number of nitrogens with one attached hydrogen (secondary N) is 1. The van der Waals surface area contributed by atoms with Gasteiger partial charge in [0.15, 0.2) is 11.5 Å². The number of benzene rings is 2. The summed E-state index contributed by atoms with van der Waals surface area (Å²) < 4.78 is 11.3. The SMILES string of the molecule is O=C(NCCC(=O)N1CCN(Cc2ccccc2)CC1)[C@@H]1COc2ccccc2O1. The van der Waals surface area contributed by atoms with E-state index in [1.165, 1.54) is 5.56 Å². The molecule has 1 saturated heterocycles. The van der Waals surface area contributed by atoms with Gasteiger partial charge in [-0.2, -0.15) is 0 Å². The summed E-state index contributed by atoms with van der Waals surface area (Å²) in [4.78, 5) is 29.1. The standard InChI is InChI=1S/C23H27N3O4/c27-22(26-14-12-25(13-15-26)16-18-6-2-1-3-7-18)10-11-24-23(28)21-17-29-19-8-4-5-9-20(19)30-21/h1-9,21H,10-17H2,(H,24,28)/t21-/m0/s1. The lowest BCUT2D eigenvalue weighted by Crippen LogP contribution is -2.49. The van der Waals surface area contributed by atoms with E-state index in [0.29, 0.717) is 18.0 Å². The molecule has 0 radical (unpaired) electrons. The third kappa shape index (κ3) is 5.10. The van der Waals surface area contributed by atoms with Gasteiger partial charge in [-0.1, -0.05) is 42.5 Å². The van der Waals surface area contributed by atoms with E-state index in [1.54, 1.807) is 6.07 Å². The molecular formula is C23H27N3O4. The van der Waals surface area contributed by atoms with Crippen LogP contribution in [0, 0.1) is 0 Å². The zero-order valence-corrected chi connectivity index (χ0v) is 17.0. The number of piperazine rings is 1. The summed E-state index contributed by atoms with van der Waals surface area (Å²) in [6, 6.07) is 17.6. The molecule has 2 aromatic carbocycles. The van der Waals surface area contributed by atoms with Gasteiger partial charge in [0.05, 0.1) is 0 Å². The molecule has 2 aliphatic heterocycles. The van der Waals surface area contributed by atoms with Crippen molar-refractivity contribution in [3.63, 3.8) is 0 Å². The van der Waals surface area contributed by atoms with E-state index in [2.05, 4.69) is 22.3 Å². The van der Waals surface area contributed by atoms with Crippen molar-refractivity contribution in [2.75, 3.05) is 39.3 Å². The second kappa shape index (κ2) is 9.63. The van der Waals surface area contributed by atoms with Crippen LogP contribution in [0.5, 0.6) is 11.5 Å². The molecule has 0 bridgehead atoms. The molecule has 0 unspecified atom stereocenters. The number of ether oxygens (including phenoxy) is 2. The van der Waals surface area contributed by atoms with Crippen LogP contribution in [0.1, 0.15) is 12.0 Å². The van der Waals surface area contributed by atoms with E-state index in [-0.39, 0.29) is 24.8 Å². The lowest BCUT2D eigenvalue weighted by Gasteiger charge is -2.35. The fraction of sp³-hybridized carbons (Fsp3) is 0.391. The van der Waals surface area contributed by atoms with Crippen molar-refractivity contribution in [3.8, 4) is 11.5 Å². The van der Waals surface area contributed by atoms with E-state index >= 15 is 0 Å². The van der Waals surface area contributed by atoms with Crippen LogP contribution in [0.25, 0.3) is 0 Å². The fourth-order valence-electron chi connectivity index (χ4n) is 3.71. The van der Waals surface area contributed by atoms with Gasteiger partial charge in [-0.15, -0.1) is 0 Å². The molecule has 0 aliphatic carbocycles. The molecule has 2 heterocycles. The molecule has 0 saturated carbocycles. The first-order valence-electron chi connectivity index (χ1n) is 10.4. The first-order valence-corrected chi connectivity index (χ1v) is 10.4. The summed E-state index contributed by atoms with van der Waals surface area (Å²) in [6.45, 7) is 4.53. The van der Waals surface area contributed by atoms with Gasteiger partial charge < -0.3 is 19.7 Å². The average molecular weight is 409 g/mol. The topological polar surface area (TPSA) is 71.1 Å². The van der Waals surface area contributed by atoms with E-state index < -0.39 is 6.10 Å². The summed E-state index contributed by atoms with van der Waals surface area (Å²) in [7, 11) is 0. The number of carbonyl (C=O) groups is 2. The van der Waals surface area contributed by atoms with Gasteiger partial charge in [0.2, 0.25) is 12.0 Å². The number of hydrogen-bond donors (Lipinski definition) is 1. The highest BCUT2D eigenvalue weighted by atomic mass is 16.6. The maximum atomic E-state index is 12.5. The van der Waals surface area contributed by atoms with E-state index in [1.807, 2.05) is 41.3 Å². The first-order chi connectivity index (χ1) is 14.7. The number of carbonyl (C=O) groups excluding carboxylic acids is 2. The number of hydrogen-bond acceptors (Lipinski definition) is 5. The van der Waals surface area contributed by atoms with E-state index in [9.17, 15) is 9.59 Å². The van der Waals surface area contributed by atoms with Crippen molar-refractivity contribution in [2.24, 2.45) is 0 Å². The molecule has 7 heteroatoms. The molecule has 1 N–H and O–H groups in total. The minimum absolute atomic E-state index is 0.0702. The highest BCUT2D eigenvalue weighted by Gasteiger charge is 2.27. The Kier molecular flexibility index (Phi) is 6.49. The molecule has 0 aromatic heterocycles. The quantitative estimate of drug-likeness (QED) is 0.786. The van der Waals surface area contributed by atoms with E-state index in [4.69, 9.17) is 9.47 Å². The van der Waals surface area contributed by atoms with Crippen LogP contribution in [0.15, 0.2) is 54.6 Å². The molecule has 1 fully saturated rings. The van der Waals surface area contributed by atoms with Crippen molar-refractivity contribution in [3.05, 3.63) is 60.2 Å². The Hall–Kier alpha value is -3.06. The van der Waals surface area contributed by atoms with Gasteiger partial charge in [0, 0.05) is 45.7 Å². The van der Waals surface area contributed by atoms with Crippen molar-refractivity contribution >= 4 is 11.8 Å². The third-order valence-electron chi connectivity index (χ3n) is 5.41. The second-order valence-electron chi connectivity index (χ2n) is 7.55. The molecule has 2 amide bonds. The minimum Gasteiger partial charge on any atom is -0.485 e. The summed E-state index contributed by atoms with van der Waals surface area (Å²) in [6.07, 6.45) is -0.411. The zero-order valence-electron chi connectivity index (χ0n) is 17.0. The summed E-state index contributed by atoms with van der Waals surface area (Å²) >= 11 is 0.